The van der Waals surface area contributed by atoms with E-state index in [0.717, 1.165) is 5.56 Å². The Kier molecular flexibility index (Phi) is 6.02. The van der Waals surface area contributed by atoms with Crippen molar-refractivity contribution in [3.05, 3.63) is 95.0 Å². The molecule has 0 aliphatic rings. The molecule has 0 spiro atoms. The Balaban J connectivity index is 1.76. The quantitative estimate of drug-likeness (QED) is 0.649. The number of hydrogen-bond donors (Lipinski definition) is 1. The minimum atomic E-state index is -3.72. The molecule has 3 aromatic carbocycles. The highest BCUT2D eigenvalue weighted by Gasteiger charge is 2.18. The Bertz CT molecular complexity index is 1070. The number of anilines is 1. The monoisotopic (exact) mass is 414 g/mol. The molecule has 1 amide bonds. The van der Waals surface area contributed by atoms with Gasteiger partial charge in [0.25, 0.3) is 15.9 Å². The van der Waals surface area contributed by atoms with Crippen LogP contribution >= 0.6 is 11.6 Å². The third-order valence-corrected chi connectivity index (χ3v) is 5.82. The van der Waals surface area contributed by atoms with Crippen LogP contribution in [0.15, 0.2) is 83.8 Å². The molecule has 0 radical (unpaired) electrons. The van der Waals surface area contributed by atoms with E-state index in [-0.39, 0.29) is 21.5 Å². The predicted octanol–water partition coefficient (Wildman–Crippen LogP) is 4.41. The minimum absolute atomic E-state index is 0.147. The van der Waals surface area contributed by atoms with Crippen molar-refractivity contribution in [2.75, 3.05) is 11.8 Å². The molecule has 0 aromatic heterocycles. The first-order valence-electron chi connectivity index (χ1n) is 8.53. The van der Waals surface area contributed by atoms with E-state index in [9.17, 15) is 13.2 Å². The number of halogens is 1. The van der Waals surface area contributed by atoms with E-state index in [1.54, 1.807) is 30.1 Å². The van der Waals surface area contributed by atoms with Gasteiger partial charge in [0.2, 0.25) is 0 Å². The van der Waals surface area contributed by atoms with Crippen molar-refractivity contribution in [2.24, 2.45) is 0 Å². The normalized spacial score (nSPS) is 11.1. The van der Waals surface area contributed by atoms with Gasteiger partial charge in [-0.3, -0.25) is 9.52 Å². The van der Waals surface area contributed by atoms with Crippen LogP contribution in [0.5, 0.6) is 0 Å². The maximum absolute atomic E-state index is 12.7. The molecule has 5 nitrogen and oxygen atoms in total. The topological polar surface area (TPSA) is 66.5 Å². The molecule has 0 aliphatic heterocycles. The number of benzene rings is 3. The number of amides is 1. The standard InChI is InChI=1S/C21H19ClN2O3S/c1-24(15-16-8-4-2-5-9-16)21(25)19-13-12-17(14-20(19)22)23-28(26,27)18-10-6-3-7-11-18/h2-14,23H,15H2,1H3. The summed E-state index contributed by atoms with van der Waals surface area (Å²) in [6.07, 6.45) is 0. The van der Waals surface area contributed by atoms with Crippen molar-refractivity contribution in [1.82, 2.24) is 4.90 Å². The number of carbonyl (C=O) groups excluding carboxylic acids is 1. The van der Waals surface area contributed by atoms with Gasteiger partial charge >= 0.3 is 0 Å². The Morgan fingerprint density at radius 3 is 2.18 bits per heavy atom. The summed E-state index contributed by atoms with van der Waals surface area (Å²) in [4.78, 5) is 14.4. The second kappa shape index (κ2) is 8.46. The summed E-state index contributed by atoms with van der Waals surface area (Å²) < 4.78 is 27.3. The first-order valence-corrected chi connectivity index (χ1v) is 10.4. The molecule has 3 rings (SSSR count). The molecular formula is C21H19ClN2O3S. The van der Waals surface area contributed by atoms with Crippen molar-refractivity contribution < 1.29 is 13.2 Å². The van der Waals surface area contributed by atoms with Crippen molar-refractivity contribution in [1.29, 1.82) is 0 Å². The minimum Gasteiger partial charge on any atom is -0.337 e. The molecule has 1 N–H and O–H groups in total. The molecule has 0 heterocycles. The third-order valence-electron chi connectivity index (χ3n) is 4.11. The van der Waals surface area contributed by atoms with Crippen LogP contribution in [0.1, 0.15) is 15.9 Å². The Labute approximate surface area is 169 Å². The van der Waals surface area contributed by atoms with Gasteiger partial charge < -0.3 is 4.90 Å². The van der Waals surface area contributed by atoms with Crippen LogP contribution in [0, 0.1) is 0 Å². The number of sulfonamides is 1. The maximum atomic E-state index is 12.7. The summed E-state index contributed by atoms with van der Waals surface area (Å²) in [5.74, 6) is -0.244. The molecule has 0 bridgehead atoms. The molecule has 7 heteroatoms. The summed E-state index contributed by atoms with van der Waals surface area (Å²) in [5, 5.41) is 0.179. The molecule has 3 aromatic rings. The number of nitrogens with zero attached hydrogens (tertiary/aromatic N) is 1. The zero-order chi connectivity index (χ0) is 20.1. The van der Waals surface area contributed by atoms with Gasteiger partial charge in [-0.05, 0) is 35.9 Å². The fourth-order valence-electron chi connectivity index (χ4n) is 2.70. The summed E-state index contributed by atoms with van der Waals surface area (Å²) in [6.45, 7) is 0.443. The third kappa shape index (κ3) is 4.71. The Morgan fingerprint density at radius 1 is 0.964 bits per heavy atom. The van der Waals surface area contributed by atoms with Crippen LogP contribution in [0.2, 0.25) is 5.02 Å². The van der Waals surface area contributed by atoms with Crippen LogP contribution in [0.4, 0.5) is 5.69 Å². The van der Waals surface area contributed by atoms with Gasteiger partial charge in [0, 0.05) is 13.6 Å². The highest BCUT2D eigenvalue weighted by molar-refractivity contribution is 7.92. The molecule has 0 saturated heterocycles. The van der Waals surface area contributed by atoms with Crippen LogP contribution in [0.25, 0.3) is 0 Å². The lowest BCUT2D eigenvalue weighted by Gasteiger charge is -2.18. The van der Waals surface area contributed by atoms with E-state index in [0.29, 0.717) is 12.1 Å². The summed E-state index contributed by atoms with van der Waals surface area (Å²) >= 11 is 6.26. The average molecular weight is 415 g/mol. The smallest absolute Gasteiger partial charge is 0.261 e. The van der Waals surface area contributed by atoms with Gasteiger partial charge in [-0.15, -0.1) is 0 Å². The molecule has 0 aliphatic carbocycles. The van der Waals surface area contributed by atoms with Crippen LogP contribution < -0.4 is 4.72 Å². The van der Waals surface area contributed by atoms with E-state index >= 15 is 0 Å². The van der Waals surface area contributed by atoms with Crippen molar-refractivity contribution in [3.8, 4) is 0 Å². The molecule has 28 heavy (non-hydrogen) atoms. The van der Waals surface area contributed by atoms with E-state index < -0.39 is 10.0 Å². The molecule has 0 atom stereocenters. The molecule has 0 unspecified atom stereocenters. The predicted molar refractivity (Wildman–Crippen MR) is 111 cm³/mol. The summed E-state index contributed by atoms with van der Waals surface area (Å²) in [7, 11) is -2.03. The lowest BCUT2D eigenvalue weighted by Crippen LogP contribution is -2.26. The largest absolute Gasteiger partial charge is 0.337 e. The SMILES string of the molecule is CN(Cc1ccccc1)C(=O)c1ccc(NS(=O)(=O)c2ccccc2)cc1Cl. The molecule has 0 fully saturated rings. The summed E-state index contributed by atoms with van der Waals surface area (Å²) in [5.41, 5.74) is 1.60. The number of nitrogens with one attached hydrogen (secondary N) is 1. The van der Waals surface area contributed by atoms with Crippen molar-refractivity contribution in [3.63, 3.8) is 0 Å². The Morgan fingerprint density at radius 2 is 1.57 bits per heavy atom. The second-order valence-electron chi connectivity index (χ2n) is 6.26. The van der Waals surface area contributed by atoms with Crippen LogP contribution in [-0.4, -0.2) is 26.3 Å². The molecule has 0 saturated carbocycles. The molecule has 144 valence electrons. The van der Waals surface area contributed by atoms with Crippen molar-refractivity contribution >= 4 is 33.2 Å². The Hall–Kier alpha value is -2.83. The highest BCUT2D eigenvalue weighted by atomic mass is 35.5. The number of hydrogen-bond acceptors (Lipinski definition) is 3. The van der Waals surface area contributed by atoms with E-state index in [1.165, 1.54) is 30.3 Å². The average Bonchev–Trinajstić information content (AvgIpc) is 2.69. The first-order chi connectivity index (χ1) is 13.4. The lowest BCUT2D eigenvalue weighted by atomic mass is 10.1. The van der Waals surface area contributed by atoms with Crippen LogP contribution in [-0.2, 0) is 16.6 Å². The van der Waals surface area contributed by atoms with Gasteiger partial charge in [0.1, 0.15) is 0 Å². The van der Waals surface area contributed by atoms with Gasteiger partial charge in [-0.1, -0.05) is 60.1 Å². The fraction of sp³-hybridized carbons (Fsp3) is 0.0952. The van der Waals surface area contributed by atoms with Gasteiger partial charge in [-0.25, -0.2) is 8.42 Å². The zero-order valence-corrected chi connectivity index (χ0v) is 16.7. The van der Waals surface area contributed by atoms with Crippen LogP contribution in [0.3, 0.4) is 0 Å². The van der Waals surface area contributed by atoms with Crippen molar-refractivity contribution in [2.45, 2.75) is 11.4 Å². The first kappa shape index (κ1) is 19.9. The molecular weight excluding hydrogens is 396 g/mol. The van der Waals surface area contributed by atoms with E-state index in [4.69, 9.17) is 11.6 Å². The van der Waals surface area contributed by atoms with E-state index in [2.05, 4.69) is 4.72 Å². The second-order valence-corrected chi connectivity index (χ2v) is 8.35. The van der Waals surface area contributed by atoms with E-state index in [1.807, 2.05) is 30.3 Å². The lowest BCUT2D eigenvalue weighted by molar-refractivity contribution is 0.0785. The zero-order valence-electron chi connectivity index (χ0n) is 15.2. The number of rotatable bonds is 6. The summed E-state index contributed by atoms with van der Waals surface area (Å²) in [6, 6.07) is 22.1. The fourth-order valence-corrected chi connectivity index (χ4v) is 4.03. The number of carbonyl (C=O) groups is 1. The highest BCUT2D eigenvalue weighted by Crippen LogP contribution is 2.24. The van der Waals surface area contributed by atoms with Gasteiger partial charge in [0.05, 0.1) is 21.2 Å². The van der Waals surface area contributed by atoms with Gasteiger partial charge in [-0.2, -0.15) is 0 Å². The van der Waals surface area contributed by atoms with Gasteiger partial charge in [0.15, 0.2) is 0 Å². The maximum Gasteiger partial charge on any atom is 0.261 e.